The Kier molecular flexibility index (Phi) is 3.19. The summed E-state index contributed by atoms with van der Waals surface area (Å²) in [6.45, 7) is 0. The molecule has 0 bridgehead atoms. The minimum Gasteiger partial charge on any atom is -0.496 e. The van der Waals surface area contributed by atoms with Gasteiger partial charge in [-0.1, -0.05) is 12.1 Å². The number of hydrogen-bond acceptors (Lipinski definition) is 5. The Bertz CT molecular complexity index is 649. The van der Waals surface area contributed by atoms with Crippen molar-refractivity contribution in [2.24, 2.45) is 5.73 Å². The Morgan fingerprint density at radius 1 is 1.45 bits per heavy atom. The van der Waals surface area contributed by atoms with Crippen LogP contribution >= 0.6 is 11.3 Å². The van der Waals surface area contributed by atoms with Gasteiger partial charge in [0, 0.05) is 10.9 Å². The molecular formula is C14H15N3O2S. The van der Waals surface area contributed by atoms with E-state index in [0.717, 1.165) is 29.8 Å². The summed E-state index contributed by atoms with van der Waals surface area (Å²) in [5, 5.41) is 5.23. The number of amides is 1. The number of hydrogen-bond donors (Lipinski definition) is 2. The van der Waals surface area contributed by atoms with E-state index in [4.69, 9.17) is 10.5 Å². The molecule has 2 aromatic rings. The Morgan fingerprint density at radius 2 is 2.20 bits per heavy atom. The van der Waals surface area contributed by atoms with Crippen LogP contribution in [0, 0.1) is 0 Å². The van der Waals surface area contributed by atoms with Crippen LogP contribution in [0.3, 0.4) is 0 Å². The lowest BCUT2D eigenvalue weighted by atomic mass is 10.1. The van der Waals surface area contributed by atoms with E-state index in [-0.39, 0.29) is 5.91 Å². The number of nitrogens with one attached hydrogen (secondary N) is 1. The number of aromatic nitrogens is 1. The maximum absolute atomic E-state index is 11.9. The van der Waals surface area contributed by atoms with Crippen molar-refractivity contribution in [3.63, 3.8) is 0 Å². The molecule has 0 spiro atoms. The maximum atomic E-state index is 11.9. The fraction of sp³-hybridized carbons (Fsp3) is 0.286. The van der Waals surface area contributed by atoms with E-state index >= 15 is 0 Å². The standard InChI is InChI=1S/C14H15N3O2S/c1-19-11-5-3-2-4-9(11)10-8-20-13(16-10)17-12(18)14(15)6-7-14/h2-5,8H,6-7,15H2,1H3,(H,16,17,18). The Labute approximate surface area is 120 Å². The molecule has 104 valence electrons. The summed E-state index contributed by atoms with van der Waals surface area (Å²) >= 11 is 1.38. The number of thiazole rings is 1. The number of methoxy groups -OCH3 is 1. The van der Waals surface area contributed by atoms with Gasteiger partial charge in [0.15, 0.2) is 5.13 Å². The summed E-state index contributed by atoms with van der Waals surface area (Å²) in [6.07, 6.45) is 1.48. The van der Waals surface area contributed by atoms with Crippen LogP contribution in [0.5, 0.6) is 5.75 Å². The van der Waals surface area contributed by atoms with Gasteiger partial charge in [0.25, 0.3) is 0 Å². The van der Waals surface area contributed by atoms with Crippen LogP contribution in [0.15, 0.2) is 29.6 Å². The largest absolute Gasteiger partial charge is 0.496 e. The third-order valence-electron chi connectivity index (χ3n) is 3.35. The molecule has 1 aliphatic carbocycles. The Morgan fingerprint density at radius 3 is 2.90 bits per heavy atom. The van der Waals surface area contributed by atoms with Crippen molar-refractivity contribution >= 4 is 22.4 Å². The van der Waals surface area contributed by atoms with Crippen LogP contribution in [0.1, 0.15) is 12.8 Å². The highest BCUT2D eigenvalue weighted by atomic mass is 32.1. The van der Waals surface area contributed by atoms with Gasteiger partial charge >= 0.3 is 0 Å². The molecule has 0 saturated heterocycles. The summed E-state index contributed by atoms with van der Waals surface area (Å²) in [5.74, 6) is 0.603. The van der Waals surface area contributed by atoms with Gasteiger partial charge < -0.3 is 15.8 Å². The molecule has 6 heteroatoms. The van der Waals surface area contributed by atoms with E-state index in [1.165, 1.54) is 11.3 Å². The molecule has 1 heterocycles. The second-order valence-corrected chi connectivity index (χ2v) is 5.71. The SMILES string of the molecule is COc1ccccc1-c1csc(NC(=O)C2(N)CC2)n1. The summed E-state index contributed by atoms with van der Waals surface area (Å²) in [6, 6.07) is 7.65. The maximum Gasteiger partial charge on any atom is 0.246 e. The number of carbonyl (C=O) groups is 1. The molecule has 3 N–H and O–H groups in total. The van der Waals surface area contributed by atoms with Crippen LogP contribution in [-0.4, -0.2) is 23.5 Å². The smallest absolute Gasteiger partial charge is 0.246 e. The molecule has 1 aliphatic rings. The van der Waals surface area contributed by atoms with Gasteiger partial charge in [0.1, 0.15) is 5.75 Å². The van der Waals surface area contributed by atoms with Gasteiger partial charge in [-0.3, -0.25) is 4.79 Å². The molecule has 1 saturated carbocycles. The average molecular weight is 289 g/mol. The molecule has 0 aliphatic heterocycles. The predicted octanol–water partition coefficient (Wildman–Crippen LogP) is 2.25. The number of benzene rings is 1. The zero-order valence-electron chi connectivity index (χ0n) is 11.1. The number of nitrogens with two attached hydrogens (primary N) is 1. The summed E-state index contributed by atoms with van der Waals surface area (Å²) in [7, 11) is 1.62. The third kappa shape index (κ3) is 2.39. The van der Waals surface area contributed by atoms with E-state index in [9.17, 15) is 4.79 Å². The zero-order chi connectivity index (χ0) is 14.2. The fourth-order valence-electron chi connectivity index (χ4n) is 1.89. The first-order valence-corrected chi connectivity index (χ1v) is 7.19. The van der Waals surface area contributed by atoms with Crippen molar-refractivity contribution in [1.82, 2.24) is 4.98 Å². The normalized spacial score (nSPS) is 15.7. The molecule has 1 amide bonds. The summed E-state index contributed by atoms with van der Waals surface area (Å²) in [4.78, 5) is 16.3. The van der Waals surface area contributed by atoms with Crippen LogP contribution in [-0.2, 0) is 4.79 Å². The molecule has 0 atom stereocenters. The minimum absolute atomic E-state index is 0.154. The fourth-order valence-corrected chi connectivity index (χ4v) is 2.60. The minimum atomic E-state index is -0.684. The molecule has 1 aromatic carbocycles. The van der Waals surface area contributed by atoms with E-state index in [1.807, 2.05) is 29.6 Å². The number of nitrogens with zero attached hydrogens (tertiary/aromatic N) is 1. The van der Waals surface area contributed by atoms with Gasteiger partial charge in [-0.05, 0) is 25.0 Å². The number of anilines is 1. The highest BCUT2D eigenvalue weighted by Gasteiger charge is 2.46. The van der Waals surface area contributed by atoms with Gasteiger partial charge in [-0.15, -0.1) is 11.3 Å². The van der Waals surface area contributed by atoms with Crippen LogP contribution in [0.25, 0.3) is 11.3 Å². The van der Waals surface area contributed by atoms with E-state index in [2.05, 4.69) is 10.3 Å². The van der Waals surface area contributed by atoms with E-state index in [0.29, 0.717) is 5.13 Å². The van der Waals surface area contributed by atoms with Crippen LogP contribution in [0.4, 0.5) is 5.13 Å². The molecule has 1 fully saturated rings. The molecule has 20 heavy (non-hydrogen) atoms. The average Bonchev–Trinajstić information content (AvgIpc) is 3.05. The van der Waals surface area contributed by atoms with Gasteiger partial charge in [0.2, 0.25) is 5.91 Å². The van der Waals surface area contributed by atoms with Crippen molar-refractivity contribution < 1.29 is 9.53 Å². The third-order valence-corrected chi connectivity index (χ3v) is 4.11. The van der Waals surface area contributed by atoms with E-state index in [1.54, 1.807) is 7.11 Å². The summed E-state index contributed by atoms with van der Waals surface area (Å²) in [5.41, 5.74) is 6.85. The van der Waals surface area contributed by atoms with Crippen LogP contribution in [0.2, 0.25) is 0 Å². The molecular weight excluding hydrogens is 274 g/mol. The Hall–Kier alpha value is -1.92. The van der Waals surface area contributed by atoms with E-state index < -0.39 is 5.54 Å². The van der Waals surface area contributed by atoms with Crippen molar-refractivity contribution in [1.29, 1.82) is 0 Å². The first kappa shape index (κ1) is 13.1. The lowest BCUT2D eigenvalue weighted by Gasteiger charge is -2.07. The highest BCUT2D eigenvalue weighted by Crippen LogP contribution is 2.35. The monoisotopic (exact) mass is 289 g/mol. The summed E-state index contributed by atoms with van der Waals surface area (Å²) < 4.78 is 5.31. The molecule has 5 nitrogen and oxygen atoms in total. The van der Waals surface area contributed by atoms with Crippen LogP contribution < -0.4 is 15.8 Å². The van der Waals surface area contributed by atoms with Crippen molar-refractivity contribution in [2.45, 2.75) is 18.4 Å². The number of ether oxygens (including phenoxy) is 1. The molecule has 3 rings (SSSR count). The number of carbonyl (C=O) groups excluding carboxylic acids is 1. The van der Waals surface area contributed by atoms with Crippen molar-refractivity contribution in [2.75, 3.05) is 12.4 Å². The Balaban J connectivity index is 1.81. The lowest BCUT2D eigenvalue weighted by molar-refractivity contribution is -0.118. The van der Waals surface area contributed by atoms with Gasteiger partial charge in [-0.25, -0.2) is 4.98 Å². The van der Waals surface area contributed by atoms with Crippen molar-refractivity contribution in [3.8, 4) is 17.0 Å². The topological polar surface area (TPSA) is 77.2 Å². The molecule has 0 radical (unpaired) electrons. The number of rotatable bonds is 4. The first-order valence-electron chi connectivity index (χ1n) is 6.32. The predicted molar refractivity (Wildman–Crippen MR) is 78.9 cm³/mol. The van der Waals surface area contributed by atoms with Gasteiger partial charge in [0.05, 0.1) is 18.3 Å². The highest BCUT2D eigenvalue weighted by molar-refractivity contribution is 7.14. The van der Waals surface area contributed by atoms with Crippen molar-refractivity contribution in [3.05, 3.63) is 29.6 Å². The zero-order valence-corrected chi connectivity index (χ0v) is 11.9. The molecule has 1 aromatic heterocycles. The number of para-hydroxylation sites is 1. The lowest BCUT2D eigenvalue weighted by Crippen LogP contribution is -2.37. The first-order chi connectivity index (χ1) is 9.62. The quantitative estimate of drug-likeness (QED) is 0.905. The van der Waals surface area contributed by atoms with Gasteiger partial charge in [-0.2, -0.15) is 0 Å². The second-order valence-electron chi connectivity index (χ2n) is 4.85. The second kappa shape index (κ2) is 4.88. The molecule has 0 unspecified atom stereocenters.